The molecule has 0 aromatic heterocycles. The Kier molecular flexibility index (Phi) is 9.51. The molecule has 2 aliphatic rings. The van der Waals surface area contributed by atoms with Crippen LogP contribution in [-0.4, -0.2) is 63.3 Å². The summed E-state index contributed by atoms with van der Waals surface area (Å²) in [5.41, 5.74) is 0. The lowest BCUT2D eigenvalue weighted by molar-refractivity contribution is 0.123. The highest BCUT2D eigenvalue weighted by Crippen LogP contribution is 2.28. The van der Waals surface area contributed by atoms with Gasteiger partial charge in [-0.15, -0.1) is 0 Å². The topological polar surface area (TPSA) is 48.9 Å². The van der Waals surface area contributed by atoms with E-state index in [2.05, 4.69) is 29.4 Å². The normalized spacial score (nSPS) is 20.3. The molecule has 0 aromatic carbocycles. The van der Waals surface area contributed by atoms with Crippen molar-refractivity contribution in [2.45, 2.75) is 52.4 Å². The number of hydrogen-bond donors (Lipinski definition) is 2. The van der Waals surface area contributed by atoms with Gasteiger partial charge in [-0.1, -0.05) is 6.92 Å². The third-order valence-electron chi connectivity index (χ3n) is 4.91. The van der Waals surface area contributed by atoms with E-state index in [1.165, 1.54) is 51.7 Å². The van der Waals surface area contributed by atoms with Gasteiger partial charge in [-0.3, -0.25) is 4.99 Å². The Morgan fingerprint density at radius 1 is 1.08 bits per heavy atom. The van der Waals surface area contributed by atoms with Crippen LogP contribution < -0.4 is 10.6 Å². The molecule has 24 heavy (non-hydrogen) atoms. The minimum absolute atomic E-state index is 0.746. The van der Waals surface area contributed by atoms with Crippen LogP contribution in [0.3, 0.4) is 0 Å². The van der Waals surface area contributed by atoms with Crippen LogP contribution in [-0.2, 0) is 4.74 Å². The van der Waals surface area contributed by atoms with E-state index in [0.717, 1.165) is 57.1 Å². The van der Waals surface area contributed by atoms with E-state index in [1.807, 2.05) is 0 Å². The van der Waals surface area contributed by atoms with Gasteiger partial charge < -0.3 is 20.3 Å². The lowest BCUT2D eigenvalue weighted by Gasteiger charge is -2.31. The average molecular weight is 339 g/mol. The molecule has 1 saturated carbocycles. The molecule has 5 nitrogen and oxygen atoms in total. The van der Waals surface area contributed by atoms with Crippen LogP contribution in [0.2, 0.25) is 0 Å². The van der Waals surface area contributed by atoms with Crippen molar-refractivity contribution in [3.05, 3.63) is 0 Å². The Balaban J connectivity index is 1.57. The SMILES string of the molecule is CCCN1CCC(CN=C(NCC)NCCCOCC2CC2)CC1. The molecule has 5 heteroatoms. The Morgan fingerprint density at radius 3 is 2.54 bits per heavy atom. The summed E-state index contributed by atoms with van der Waals surface area (Å²) >= 11 is 0. The van der Waals surface area contributed by atoms with Crippen molar-refractivity contribution in [1.82, 2.24) is 15.5 Å². The van der Waals surface area contributed by atoms with Crippen molar-refractivity contribution >= 4 is 5.96 Å². The van der Waals surface area contributed by atoms with Crippen molar-refractivity contribution in [3.63, 3.8) is 0 Å². The second-order valence-corrected chi connectivity index (χ2v) is 7.30. The van der Waals surface area contributed by atoms with Crippen LogP contribution in [0, 0.1) is 11.8 Å². The molecule has 0 bridgehead atoms. The molecule has 140 valence electrons. The first-order valence-corrected chi connectivity index (χ1v) is 10.1. The van der Waals surface area contributed by atoms with Crippen LogP contribution >= 0.6 is 0 Å². The van der Waals surface area contributed by atoms with Crippen LogP contribution in [0.4, 0.5) is 0 Å². The van der Waals surface area contributed by atoms with Gasteiger partial charge in [-0.2, -0.15) is 0 Å². The zero-order valence-corrected chi connectivity index (χ0v) is 15.9. The first-order chi connectivity index (χ1) is 11.8. The summed E-state index contributed by atoms with van der Waals surface area (Å²) in [6.07, 6.45) is 7.63. The highest BCUT2D eigenvalue weighted by Gasteiger charge is 2.21. The van der Waals surface area contributed by atoms with Gasteiger partial charge in [-0.05, 0) is 76.9 Å². The number of piperidine rings is 1. The Bertz CT molecular complexity index is 349. The number of likely N-dealkylation sites (tertiary alicyclic amines) is 1. The second-order valence-electron chi connectivity index (χ2n) is 7.30. The number of nitrogens with one attached hydrogen (secondary N) is 2. The van der Waals surface area contributed by atoms with E-state index in [0.29, 0.717) is 0 Å². The van der Waals surface area contributed by atoms with Crippen molar-refractivity contribution in [3.8, 4) is 0 Å². The largest absolute Gasteiger partial charge is 0.381 e. The quantitative estimate of drug-likeness (QED) is 0.345. The highest BCUT2D eigenvalue weighted by molar-refractivity contribution is 5.79. The molecule has 0 spiro atoms. The smallest absolute Gasteiger partial charge is 0.191 e. The molecule has 2 N–H and O–H groups in total. The van der Waals surface area contributed by atoms with E-state index in [9.17, 15) is 0 Å². The number of ether oxygens (including phenoxy) is 1. The van der Waals surface area contributed by atoms with Crippen molar-refractivity contribution in [2.24, 2.45) is 16.8 Å². The third kappa shape index (κ3) is 8.34. The summed E-state index contributed by atoms with van der Waals surface area (Å²) in [6, 6.07) is 0. The Labute approximate surface area is 148 Å². The molecule has 0 aromatic rings. The van der Waals surface area contributed by atoms with Crippen LogP contribution in [0.25, 0.3) is 0 Å². The number of aliphatic imine (C=N–C) groups is 1. The zero-order valence-electron chi connectivity index (χ0n) is 15.9. The molecule has 2 rings (SSSR count). The summed E-state index contributed by atoms with van der Waals surface area (Å²) in [4.78, 5) is 7.39. The number of hydrogen-bond acceptors (Lipinski definition) is 3. The molecule has 1 aliphatic heterocycles. The van der Waals surface area contributed by atoms with Gasteiger partial charge in [0.15, 0.2) is 5.96 Å². The zero-order chi connectivity index (χ0) is 17.0. The van der Waals surface area contributed by atoms with E-state index in [4.69, 9.17) is 9.73 Å². The second kappa shape index (κ2) is 11.7. The van der Waals surface area contributed by atoms with E-state index in [-0.39, 0.29) is 0 Å². The molecule has 0 atom stereocenters. The fraction of sp³-hybridized carbons (Fsp3) is 0.947. The van der Waals surface area contributed by atoms with Crippen molar-refractivity contribution in [1.29, 1.82) is 0 Å². The van der Waals surface area contributed by atoms with Gasteiger partial charge in [0.05, 0.1) is 0 Å². The molecule has 1 heterocycles. The Morgan fingerprint density at radius 2 is 1.88 bits per heavy atom. The predicted octanol–water partition coefficient (Wildman–Crippen LogP) is 2.48. The average Bonchev–Trinajstić information content (AvgIpc) is 3.41. The van der Waals surface area contributed by atoms with Gasteiger partial charge in [-0.25, -0.2) is 0 Å². The summed E-state index contributed by atoms with van der Waals surface area (Å²) in [5.74, 6) is 2.58. The standard InChI is InChI=1S/C19H38N4O/c1-3-11-23-12-8-17(9-13-23)15-22-19(20-4-2)21-10-5-14-24-16-18-6-7-18/h17-18H,3-16H2,1-2H3,(H2,20,21,22). The van der Waals surface area contributed by atoms with E-state index in [1.54, 1.807) is 0 Å². The minimum atomic E-state index is 0.746. The molecule has 0 amide bonds. The van der Waals surface area contributed by atoms with Gasteiger partial charge >= 0.3 is 0 Å². The van der Waals surface area contributed by atoms with E-state index < -0.39 is 0 Å². The summed E-state index contributed by atoms with van der Waals surface area (Å²) < 4.78 is 5.68. The van der Waals surface area contributed by atoms with Crippen LogP contribution in [0.5, 0.6) is 0 Å². The number of nitrogens with zero attached hydrogens (tertiary/aromatic N) is 2. The summed E-state index contributed by atoms with van der Waals surface area (Å²) in [7, 11) is 0. The first-order valence-electron chi connectivity index (χ1n) is 10.1. The van der Waals surface area contributed by atoms with Gasteiger partial charge in [0, 0.05) is 32.8 Å². The highest BCUT2D eigenvalue weighted by atomic mass is 16.5. The monoisotopic (exact) mass is 338 g/mol. The maximum Gasteiger partial charge on any atom is 0.191 e. The predicted molar refractivity (Wildman–Crippen MR) is 102 cm³/mol. The van der Waals surface area contributed by atoms with Crippen molar-refractivity contribution in [2.75, 3.05) is 52.5 Å². The molecular weight excluding hydrogens is 300 g/mol. The minimum Gasteiger partial charge on any atom is -0.381 e. The Hall–Kier alpha value is -0.810. The molecular formula is C19H38N4O. The maximum atomic E-state index is 5.68. The fourth-order valence-corrected chi connectivity index (χ4v) is 3.19. The van der Waals surface area contributed by atoms with Gasteiger partial charge in [0.2, 0.25) is 0 Å². The van der Waals surface area contributed by atoms with Crippen molar-refractivity contribution < 1.29 is 4.74 Å². The number of rotatable bonds is 11. The third-order valence-corrected chi connectivity index (χ3v) is 4.91. The van der Waals surface area contributed by atoms with Crippen LogP contribution in [0.15, 0.2) is 4.99 Å². The molecule has 1 aliphatic carbocycles. The first kappa shape index (κ1) is 19.5. The van der Waals surface area contributed by atoms with E-state index >= 15 is 0 Å². The summed E-state index contributed by atoms with van der Waals surface area (Å²) in [5, 5.41) is 6.80. The van der Waals surface area contributed by atoms with Gasteiger partial charge in [0.25, 0.3) is 0 Å². The lowest BCUT2D eigenvalue weighted by Crippen LogP contribution is -2.39. The van der Waals surface area contributed by atoms with Crippen LogP contribution in [0.1, 0.15) is 52.4 Å². The summed E-state index contributed by atoms with van der Waals surface area (Å²) in [6.45, 7) is 12.8. The lowest BCUT2D eigenvalue weighted by atomic mass is 9.97. The maximum absolute atomic E-state index is 5.68. The molecule has 2 fully saturated rings. The van der Waals surface area contributed by atoms with Gasteiger partial charge in [0.1, 0.15) is 0 Å². The molecule has 0 radical (unpaired) electrons. The molecule has 1 saturated heterocycles. The fourth-order valence-electron chi connectivity index (χ4n) is 3.19. The number of guanidine groups is 1. The molecule has 0 unspecified atom stereocenters.